The largest absolute Gasteiger partial charge is 0.368 e. The SMILES string of the molecule is Cc1ccc(Cl)cc1N1CCN(C(=O)C2CCN(C(=O)c3ccc(-c4ccccc4)cc3)CC2)CC1. The van der Waals surface area contributed by atoms with Crippen LogP contribution in [0, 0.1) is 12.8 Å². The second-order valence-corrected chi connectivity index (χ2v) is 10.2. The minimum absolute atomic E-state index is 0.00559. The van der Waals surface area contributed by atoms with Gasteiger partial charge in [0.1, 0.15) is 0 Å². The molecule has 2 aliphatic rings. The predicted octanol–water partition coefficient (Wildman–Crippen LogP) is 5.52. The number of carbonyl (C=O) groups is 2. The molecule has 0 spiro atoms. The number of aryl methyl sites for hydroxylation is 1. The summed E-state index contributed by atoms with van der Waals surface area (Å²) in [6.07, 6.45) is 1.45. The van der Waals surface area contributed by atoms with Gasteiger partial charge in [-0.2, -0.15) is 0 Å². The van der Waals surface area contributed by atoms with Crippen LogP contribution in [0.4, 0.5) is 5.69 Å². The van der Waals surface area contributed by atoms with Crippen molar-refractivity contribution in [2.24, 2.45) is 5.92 Å². The molecule has 2 amide bonds. The number of piperidine rings is 1. The molecule has 0 N–H and O–H groups in total. The van der Waals surface area contributed by atoms with Gasteiger partial charge in [-0.05, 0) is 60.7 Å². The molecule has 0 bridgehead atoms. The zero-order chi connectivity index (χ0) is 25.1. The van der Waals surface area contributed by atoms with Crippen molar-refractivity contribution in [1.29, 1.82) is 0 Å². The molecule has 0 aromatic heterocycles. The van der Waals surface area contributed by atoms with Crippen molar-refractivity contribution >= 4 is 29.1 Å². The van der Waals surface area contributed by atoms with Gasteiger partial charge >= 0.3 is 0 Å². The monoisotopic (exact) mass is 501 g/mol. The zero-order valence-electron chi connectivity index (χ0n) is 20.7. The van der Waals surface area contributed by atoms with Crippen LogP contribution in [-0.4, -0.2) is 60.9 Å². The van der Waals surface area contributed by atoms with Crippen LogP contribution in [0.3, 0.4) is 0 Å². The lowest BCUT2D eigenvalue weighted by Gasteiger charge is -2.39. The van der Waals surface area contributed by atoms with E-state index in [0.717, 1.165) is 60.9 Å². The molecule has 0 radical (unpaired) electrons. The first-order valence-corrected chi connectivity index (χ1v) is 13.1. The molecule has 2 saturated heterocycles. The van der Waals surface area contributed by atoms with Crippen molar-refractivity contribution in [3.8, 4) is 11.1 Å². The minimum atomic E-state index is -0.00559. The number of carbonyl (C=O) groups excluding carboxylic acids is 2. The second-order valence-electron chi connectivity index (χ2n) is 9.75. The third kappa shape index (κ3) is 5.26. The van der Waals surface area contributed by atoms with Gasteiger partial charge in [0, 0.05) is 61.5 Å². The van der Waals surface area contributed by atoms with E-state index in [9.17, 15) is 9.59 Å². The third-order valence-corrected chi connectivity index (χ3v) is 7.71. The highest BCUT2D eigenvalue weighted by atomic mass is 35.5. The molecule has 2 aliphatic heterocycles. The van der Waals surface area contributed by atoms with Crippen molar-refractivity contribution in [2.45, 2.75) is 19.8 Å². The lowest BCUT2D eigenvalue weighted by Crippen LogP contribution is -2.52. The summed E-state index contributed by atoms with van der Waals surface area (Å²) in [5.41, 5.74) is 5.29. The zero-order valence-corrected chi connectivity index (χ0v) is 21.5. The molecular weight excluding hydrogens is 470 g/mol. The van der Waals surface area contributed by atoms with E-state index in [1.54, 1.807) is 0 Å². The number of nitrogens with zero attached hydrogens (tertiary/aromatic N) is 3. The van der Waals surface area contributed by atoms with Gasteiger partial charge in [0.2, 0.25) is 5.91 Å². The number of halogens is 1. The Morgan fingerprint density at radius 1 is 0.750 bits per heavy atom. The smallest absolute Gasteiger partial charge is 0.253 e. The van der Waals surface area contributed by atoms with Crippen molar-refractivity contribution < 1.29 is 9.59 Å². The van der Waals surface area contributed by atoms with E-state index in [1.165, 1.54) is 5.56 Å². The Hall–Kier alpha value is -3.31. The van der Waals surface area contributed by atoms with Crippen LogP contribution in [0.2, 0.25) is 5.02 Å². The third-order valence-electron chi connectivity index (χ3n) is 7.47. The molecule has 6 heteroatoms. The maximum absolute atomic E-state index is 13.2. The highest BCUT2D eigenvalue weighted by molar-refractivity contribution is 6.30. The van der Waals surface area contributed by atoms with Gasteiger partial charge in [-0.15, -0.1) is 0 Å². The summed E-state index contributed by atoms with van der Waals surface area (Å²) in [5, 5.41) is 0.738. The molecule has 36 heavy (non-hydrogen) atoms. The summed E-state index contributed by atoms with van der Waals surface area (Å²) in [6, 6.07) is 23.9. The standard InChI is InChI=1S/C30H32ClN3O2/c1-22-7-12-27(31)21-28(22)32-17-19-34(20-18-32)30(36)26-13-15-33(16-14-26)29(35)25-10-8-24(9-11-25)23-5-3-2-4-6-23/h2-12,21,26H,13-20H2,1H3. The molecule has 186 valence electrons. The fraction of sp³-hybridized carbons (Fsp3) is 0.333. The first kappa shape index (κ1) is 24.4. The summed E-state index contributed by atoms with van der Waals surface area (Å²) < 4.78 is 0. The topological polar surface area (TPSA) is 43.9 Å². The van der Waals surface area contributed by atoms with Crippen LogP contribution in [-0.2, 0) is 4.79 Å². The van der Waals surface area contributed by atoms with E-state index in [1.807, 2.05) is 70.5 Å². The Balaban J connectivity index is 1.12. The molecule has 3 aromatic carbocycles. The van der Waals surface area contributed by atoms with Gasteiger partial charge in [0.05, 0.1) is 0 Å². The molecule has 5 rings (SSSR count). The Morgan fingerprint density at radius 2 is 1.39 bits per heavy atom. The molecule has 2 fully saturated rings. The summed E-state index contributed by atoms with van der Waals surface area (Å²) in [6.45, 7) is 6.40. The Labute approximate surface area is 218 Å². The van der Waals surface area contributed by atoms with E-state index in [-0.39, 0.29) is 17.7 Å². The van der Waals surface area contributed by atoms with Crippen molar-refractivity contribution in [3.63, 3.8) is 0 Å². The van der Waals surface area contributed by atoms with Crippen LogP contribution in [0.5, 0.6) is 0 Å². The van der Waals surface area contributed by atoms with Gasteiger partial charge in [-0.3, -0.25) is 9.59 Å². The lowest BCUT2D eigenvalue weighted by atomic mass is 9.94. The maximum atomic E-state index is 13.2. The summed E-state index contributed by atoms with van der Waals surface area (Å²) in [5.74, 6) is 0.275. The molecule has 0 saturated carbocycles. The van der Waals surface area contributed by atoms with E-state index >= 15 is 0 Å². The van der Waals surface area contributed by atoms with Gasteiger partial charge in [-0.25, -0.2) is 0 Å². The van der Waals surface area contributed by atoms with Crippen molar-refractivity contribution in [1.82, 2.24) is 9.80 Å². The quantitative estimate of drug-likeness (QED) is 0.473. The normalized spacial score (nSPS) is 16.8. The van der Waals surface area contributed by atoms with Gasteiger partial charge in [-0.1, -0.05) is 60.1 Å². The number of likely N-dealkylation sites (tertiary alicyclic amines) is 1. The fourth-order valence-corrected chi connectivity index (χ4v) is 5.46. The average Bonchev–Trinajstić information content (AvgIpc) is 2.94. The summed E-state index contributed by atoms with van der Waals surface area (Å²) in [4.78, 5) is 32.5. The van der Waals surface area contributed by atoms with Gasteiger partial charge in [0.15, 0.2) is 0 Å². The molecule has 5 nitrogen and oxygen atoms in total. The number of hydrogen-bond donors (Lipinski definition) is 0. The molecule has 0 unspecified atom stereocenters. The molecule has 3 aromatic rings. The number of anilines is 1. The van der Waals surface area contributed by atoms with Crippen LogP contribution < -0.4 is 4.90 Å². The fourth-order valence-electron chi connectivity index (χ4n) is 5.30. The van der Waals surface area contributed by atoms with Crippen molar-refractivity contribution in [2.75, 3.05) is 44.2 Å². The molecule has 2 heterocycles. The van der Waals surface area contributed by atoms with E-state index in [4.69, 9.17) is 11.6 Å². The highest BCUT2D eigenvalue weighted by Gasteiger charge is 2.32. The number of amides is 2. The predicted molar refractivity (Wildman–Crippen MR) is 145 cm³/mol. The van der Waals surface area contributed by atoms with Crippen LogP contribution >= 0.6 is 11.6 Å². The Bertz CT molecular complexity index is 1210. The Morgan fingerprint density at radius 3 is 2.06 bits per heavy atom. The summed E-state index contributed by atoms with van der Waals surface area (Å²) in [7, 11) is 0. The number of benzene rings is 3. The number of rotatable bonds is 4. The number of piperazine rings is 1. The van der Waals surface area contributed by atoms with Crippen LogP contribution in [0.1, 0.15) is 28.8 Å². The lowest BCUT2D eigenvalue weighted by molar-refractivity contribution is -0.137. The molecular formula is C30H32ClN3O2. The van der Waals surface area contributed by atoms with Crippen molar-refractivity contribution in [3.05, 3.63) is 88.9 Å². The molecule has 0 atom stereocenters. The maximum Gasteiger partial charge on any atom is 0.253 e. The van der Waals surface area contributed by atoms with Gasteiger partial charge < -0.3 is 14.7 Å². The summed E-state index contributed by atoms with van der Waals surface area (Å²) >= 11 is 6.20. The average molecular weight is 502 g/mol. The van der Waals surface area contributed by atoms with Crippen LogP contribution in [0.25, 0.3) is 11.1 Å². The highest BCUT2D eigenvalue weighted by Crippen LogP contribution is 2.27. The van der Waals surface area contributed by atoms with E-state index in [0.29, 0.717) is 18.7 Å². The minimum Gasteiger partial charge on any atom is -0.368 e. The van der Waals surface area contributed by atoms with E-state index < -0.39 is 0 Å². The molecule has 0 aliphatic carbocycles. The Kier molecular flexibility index (Phi) is 7.28. The first-order valence-electron chi connectivity index (χ1n) is 12.7. The van der Waals surface area contributed by atoms with Crippen LogP contribution in [0.15, 0.2) is 72.8 Å². The van der Waals surface area contributed by atoms with Gasteiger partial charge in [0.25, 0.3) is 5.91 Å². The first-order chi connectivity index (χ1) is 17.5. The second kappa shape index (κ2) is 10.8. The van der Waals surface area contributed by atoms with E-state index in [2.05, 4.69) is 24.0 Å². The number of hydrogen-bond acceptors (Lipinski definition) is 3.